The van der Waals surface area contributed by atoms with Gasteiger partial charge >= 0.3 is 0 Å². The number of alkyl halides is 1. The molecule has 1 aromatic rings. The number of aromatic nitrogens is 1. The molecule has 1 atom stereocenters. The largest absolute Gasteiger partial charge is 0.246 e. The van der Waals surface area contributed by atoms with E-state index in [4.69, 9.17) is 0 Å². The van der Waals surface area contributed by atoms with Crippen molar-refractivity contribution in [3.05, 3.63) is 15.6 Å². The first-order valence-corrected chi connectivity index (χ1v) is 6.93. The van der Waals surface area contributed by atoms with Crippen LogP contribution in [-0.4, -0.2) is 10.3 Å². The van der Waals surface area contributed by atoms with Gasteiger partial charge in [0.25, 0.3) is 0 Å². The Kier molecular flexibility index (Phi) is 4.14. The number of hydrogen-bond acceptors (Lipinski definition) is 2. The molecular formula is C11H18BrNS. The van der Waals surface area contributed by atoms with E-state index in [1.807, 2.05) is 11.3 Å². The van der Waals surface area contributed by atoms with Crippen molar-refractivity contribution in [1.82, 2.24) is 4.98 Å². The van der Waals surface area contributed by atoms with E-state index in [9.17, 15) is 0 Å². The predicted octanol–water partition coefficient (Wildman–Crippen LogP) is 4.11. The molecule has 0 saturated heterocycles. The molecule has 0 spiro atoms. The summed E-state index contributed by atoms with van der Waals surface area (Å²) in [6, 6.07) is 0. The Hall–Kier alpha value is 0.110. The summed E-state index contributed by atoms with van der Waals surface area (Å²) in [6.07, 6.45) is 2.28. The summed E-state index contributed by atoms with van der Waals surface area (Å²) < 4.78 is 0. The average Bonchev–Trinajstić information content (AvgIpc) is 2.45. The van der Waals surface area contributed by atoms with Crippen molar-refractivity contribution in [2.24, 2.45) is 5.41 Å². The van der Waals surface area contributed by atoms with Gasteiger partial charge < -0.3 is 0 Å². The van der Waals surface area contributed by atoms with Crippen molar-refractivity contribution in [3.8, 4) is 0 Å². The lowest BCUT2D eigenvalue weighted by Crippen LogP contribution is -2.20. The molecule has 1 aromatic heterocycles. The molecule has 0 saturated carbocycles. The summed E-state index contributed by atoms with van der Waals surface area (Å²) in [5.41, 5.74) is 1.55. The first kappa shape index (κ1) is 12.2. The van der Waals surface area contributed by atoms with Gasteiger partial charge in [-0.05, 0) is 25.7 Å². The highest BCUT2D eigenvalue weighted by atomic mass is 79.9. The van der Waals surface area contributed by atoms with Gasteiger partial charge in [-0.2, -0.15) is 0 Å². The normalized spacial score (nSPS) is 15.5. The van der Waals surface area contributed by atoms with Crippen LogP contribution in [-0.2, 0) is 6.42 Å². The van der Waals surface area contributed by atoms with Crippen molar-refractivity contribution in [1.29, 1.82) is 0 Å². The predicted molar refractivity (Wildman–Crippen MR) is 67.5 cm³/mol. The van der Waals surface area contributed by atoms with Gasteiger partial charge in [0, 0.05) is 16.6 Å². The molecule has 1 nitrogen and oxygen atoms in total. The van der Waals surface area contributed by atoms with E-state index < -0.39 is 0 Å². The van der Waals surface area contributed by atoms with E-state index >= 15 is 0 Å². The summed E-state index contributed by atoms with van der Waals surface area (Å²) in [6.45, 7) is 8.79. The van der Waals surface area contributed by atoms with Crippen LogP contribution >= 0.6 is 27.3 Å². The molecule has 1 rings (SSSR count). The third-order valence-electron chi connectivity index (χ3n) is 2.83. The smallest absolute Gasteiger partial charge is 0.0936 e. The fourth-order valence-electron chi connectivity index (χ4n) is 1.25. The number of hydrogen-bond donors (Lipinski definition) is 0. The highest BCUT2D eigenvalue weighted by molar-refractivity contribution is 9.09. The summed E-state index contributed by atoms with van der Waals surface area (Å²) in [5, 5.41) is 2.33. The lowest BCUT2D eigenvalue weighted by Gasteiger charge is -2.24. The van der Waals surface area contributed by atoms with Gasteiger partial charge in [-0.15, -0.1) is 11.3 Å². The lowest BCUT2D eigenvalue weighted by atomic mass is 9.87. The molecule has 1 heterocycles. The summed E-state index contributed by atoms with van der Waals surface area (Å²) in [4.78, 5) is 5.94. The molecular weight excluding hydrogens is 258 g/mol. The second-order valence-electron chi connectivity index (χ2n) is 4.22. The number of thiazole rings is 1. The number of halogens is 1. The Morgan fingerprint density at radius 2 is 2.07 bits per heavy atom. The van der Waals surface area contributed by atoms with Crippen molar-refractivity contribution in [2.75, 3.05) is 5.33 Å². The Labute approximate surface area is 99.1 Å². The molecule has 0 aliphatic heterocycles. The minimum absolute atomic E-state index is 0.358. The number of rotatable bonds is 4. The topological polar surface area (TPSA) is 12.9 Å². The third-order valence-corrected chi connectivity index (χ3v) is 5.25. The van der Waals surface area contributed by atoms with Gasteiger partial charge in [0.1, 0.15) is 0 Å². The molecule has 0 fully saturated rings. The number of nitrogens with zero attached hydrogens (tertiary/aromatic N) is 1. The first-order chi connectivity index (χ1) is 6.50. The van der Waals surface area contributed by atoms with Crippen LogP contribution in [0.3, 0.4) is 0 Å². The molecule has 3 heteroatoms. The van der Waals surface area contributed by atoms with Gasteiger partial charge in [0.2, 0.25) is 0 Å². The van der Waals surface area contributed by atoms with E-state index in [2.05, 4.69) is 48.6 Å². The molecule has 0 radical (unpaired) electrons. The maximum absolute atomic E-state index is 4.59. The van der Waals surface area contributed by atoms with Gasteiger partial charge in [-0.1, -0.05) is 29.8 Å². The monoisotopic (exact) mass is 275 g/mol. The highest BCUT2D eigenvalue weighted by Crippen LogP contribution is 2.30. The van der Waals surface area contributed by atoms with Crippen LogP contribution in [0.4, 0.5) is 0 Å². The van der Waals surface area contributed by atoms with Crippen molar-refractivity contribution >= 4 is 27.3 Å². The van der Waals surface area contributed by atoms with Crippen LogP contribution in [0.2, 0.25) is 0 Å². The Morgan fingerprint density at radius 1 is 1.43 bits per heavy atom. The minimum Gasteiger partial charge on any atom is -0.246 e. The maximum atomic E-state index is 4.59. The van der Waals surface area contributed by atoms with Gasteiger partial charge in [0.15, 0.2) is 0 Å². The van der Waals surface area contributed by atoms with Gasteiger partial charge in [-0.3, -0.25) is 0 Å². The van der Waals surface area contributed by atoms with Crippen molar-refractivity contribution in [3.63, 3.8) is 0 Å². The Morgan fingerprint density at radius 3 is 2.43 bits per heavy atom. The van der Waals surface area contributed by atoms with Crippen LogP contribution in [0.5, 0.6) is 0 Å². The number of aryl methyl sites for hydroxylation is 2. The van der Waals surface area contributed by atoms with Crippen LogP contribution in [0.25, 0.3) is 0 Å². The third kappa shape index (κ3) is 2.80. The molecule has 1 unspecified atom stereocenters. The Balaban J connectivity index is 2.77. The zero-order valence-corrected chi connectivity index (χ0v) is 11.8. The molecule has 0 bridgehead atoms. The molecule has 80 valence electrons. The lowest BCUT2D eigenvalue weighted by molar-refractivity contribution is 0.361. The average molecular weight is 276 g/mol. The molecule has 0 aliphatic carbocycles. The van der Waals surface area contributed by atoms with Gasteiger partial charge in [-0.25, -0.2) is 4.98 Å². The SMILES string of the molecule is CCC(C)(CBr)Cc1nc(C)c(C)s1. The van der Waals surface area contributed by atoms with E-state index in [1.165, 1.54) is 22.0 Å². The zero-order chi connectivity index (χ0) is 10.8. The van der Waals surface area contributed by atoms with Crippen molar-refractivity contribution in [2.45, 2.75) is 40.5 Å². The fourth-order valence-corrected chi connectivity index (χ4v) is 2.99. The van der Waals surface area contributed by atoms with Crippen molar-refractivity contribution < 1.29 is 0 Å². The molecule has 14 heavy (non-hydrogen) atoms. The van der Waals surface area contributed by atoms with E-state index in [-0.39, 0.29) is 0 Å². The first-order valence-electron chi connectivity index (χ1n) is 4.99. The standard InChI is InChI=1S/C11H18BrNS/c1-5-11(4,7-12)6-10-13-8(2)9(3)14-10/h5-7H2,1-4H3. The quantitative estimate of drug-likeness (QED) is 0.754. The summed E-state index contributed by atoms with van der Waals surface area (Å²) >= 11 is 5.43. The minimum atomic E-state index is 0.358. The summed E-state index contributed by atoms with van der Waals surface area (Å²) in [5.74, 6) is 0. The van der Waals surface area contributed by atoms with E-state index in [0.717, 1.165) is 11.8 Å². The van der Waals surface area contributed by atoms with Crippen LogP contribution < -0.4 is 0 Å². The van der Waals surface area contributed by atoms with Crippen LogP contribution in [0.15, 0.2) is 0 Å². The second kappa shape index (κ2) is 4.75. The molecule has 0 amide bonds. The second-order valence-corrected chi connectivity index (χ2v) is 6.07. The van der Waals surface area contributed by atoms with Crippen LogP contribution in [0.1, 0.15) is 35.8 Å². The Bertz CT molecular complexity index is 283. The zero-order valence-electron chi connectivity index (χ0n) is 9.35. The summed E-state index contributed by atoms with van der Waals surface area (Å²) in [7, 11) is 0. The maximum Gasteiger partial charge on any atom is 0.0936 e. The molecule has 0 aromatic carbocycles. The highest BCUT2D eigenvalue weighted by Gasteiger charge is 2.22. The van der Waals surface area contributed by atoms with Gasteiger partial charge in [0.05, 0.1) is 10.7 Å². The van der Waals surface area contributed by atoms with E-state index in [0.29, 0.717) is 5.41 Å². The molecule has 0 N–H and O–H groups in total. The van der Waals surface area contributed by atoms with Crippen LogP contribution in [0, 0.1) is 19.3 Å². The van der Waals surface area contributed by atoms with E-state index in [1.54, 1.807) is 0 Å². The fraction of sp³-hybridized carbons (Fsp3) is 0.727. The molecule has 0 aliphatic rings.